The Labute approximate surface area is 174 Å². The van der Waals surface area contributed by atoms with Crippen LogP contribution in [-0.4, -0.2) is 11.6 Å². The summed E-state index contributed by atoms with van der Waals surface area (Å²) >= 11 is 0. The van der Waals surface area contributed by atoms with E-state index in [0.717, 1.165) is 0 Å². The van der Waals surface area contributed by atoms with Gasteiger partial charge in [0.2, 0.25) is 0 Å². The van der Waals surface area contributed by atoms with Gasteiger partial charge in [0.05, 0.1) is 0 Å². The van der Waals surface area contributed by atoms with Gasteiger partial charge in [0.15, 0.2) is 0 Å². The van der Waals surface area contributed by atoms with Crippen molar-refractivity contribution in [3.8, 4) is 0 Å². The summed E-state index contributed by atoms with van der Waals surface area (Å²) in [7, 11) is 0. The fourth-order valence-electron chi connectivity index (χ4n) is 0.235. The van der Waals surface area contributed by atoms with Gasteiger partial charge in [-0.15, -0.1) is 0 Å². The van der Waals surface area contributed by atoms with E-state index in [4.69, 9.17) is 0 Å². The van der Waals surface area contributed by atoms with Crippen molar-refractivity contribution in [1.82, 2.24) is 0 Å². The molecule has 0 aliphatic heterocycles. The second-order valence-electron chi connectivity index (χ2n) is 1.55. The van der Waals surface area contributed by atoms with Crippen LogP contribution in [-0.2, 0) is 140 Å². The molecule has 0 heterocycles. The molecule has 0 spiro atoms. The molecule has 0 amide bonds. The van der Waals surface area contributed by atoms with Gasteiger partial charge >= 0.3 is 0 Å². The number of Topliss-reactive ketones (excluding diaryl/α,β-unsaturated/α-hetero) is 2. The molecule has 58 valence electrons. The second-order valence-corrected chi connectivity index (χ2v) is 1.55. The van der Waals surface area contributed by atoms with E-state index in [-0.39, 0.29) is 142 Å². The Bertz CT molecular complexity index is 102. The number of rotatable bonds is 3. The molecule has 12 heavy (non-hydrogen) atoms. The molecule has 0 rings (SSSR count). The first kappa shape index (κ1) is 29.6. The molecule has 0 aromatic rings. The van der Waals surface area contributed by atoms with Gasteiger partial charge in [-0.3, -0.25) is 0 Å². The molecule has 0 aliphatic rings. The van der Waals surface area contributed by atoms with Crippen LogP contribution in [0.1, 0.15) is 13.8 Å². The molecule has 6 heteroatoms. The average molecular weight is 468 g/mol. The molecule has 4 radical (unpaired) electrons. The minimum Gasteiger partial charge on any atom is -0.468 e. The van der Waals surface area contributed by atoms with E-state index in [1.54, 1.807) is 0 Å². The van der Waals surface area contributed by atoms with Crippen LogP contribution >= 0.6 is 0 Å². The van der Waals surface area contributed by atoms with Crippen LogP contribution in [0.15, 0.2) is 0 Å². The van der Waals surface area contributed by atoms with Gasteiger partial charge in [0, 0.05) is 131 Å². The van der Waals surface area contributed by atoms with Crippen LogP contribution in [0.4, 0.5) is 0 Å². The van der Waals surface area contributed by atoms with Gasteiger partial charge in [-0.05, 0) is 25.4 Å². The van der Waals surface area contributed by atoms with Crippen molar-refractivity contribution >= 4 is 11.6 Å². The summed E-state index contributed by atoms with van der Waals surface area (Å²) in [6, 6.07) is 0. The summed E-state index contributed by atoms with van der Waals surface area (Å²) < 4.78 is 0. The summed E-state index contributed by atoms with van der Waals surface area (Å²) in [6.45, 7) is 2.80. The Morgan fingerprint density at radius 3 is 1.00 bits per heavy atom. The zero-order chi connectivity index (χ0) is 6.57. The van der Waals surface area contributed by atoms with Crippen LogP contribution in [0, 0.1) is 12.8 Å². The molecule has 0 bridgehead atoms. The van der Waals surface area contributed by atoms with E-state index in [9.17, 15) is 9.59 Å². The summed E-state index contributed by atoms with van der Waals surface area (Å²) in [4.78, 5) is 20.2. The first-order valence-corrected chi connectivity index (χ1v) is 2.32. The first-order valence-electron chi connectivity index (χ1n) is 2.32. The van der Waals surface area contributed by atoms with Crippen LogP contribution < -0.4 is 0 Å². The quantitative estimate of drug-likeness (QED) is 0.569. The van der Waals surface area contributed by atoms with Crippen molar-refractivity contribution in [3.05, 3.63) is 12.8 Å². The van der Waals surface area contributed by atoms with Crippen molar-refractivity contribution in [2.75, 3.05) is 0 Å². The van der Waals surface area contributed by atoms with E-state index in [0.29, 0.717) is 0 Å². The van der Waals surface area contributed by atoms with E-state index in [1.807, 2.05) is 0 Å². The standard InChI is InChI=1S/C6H8O2.4Y/c1-5(7)3-4-6(2)8;;;;/h3-4H,1-2H3;;;;/q-2;;;;. The van der Waals surface area contributed by atoms with Gasteiger partial charge in [0.25, 0.3) is 0 Å². The zero-order valence-corrected chi connectivity index (χ0v) is 18.6. The van der Waals surface area contributed by atoms with Crippen molar-refractivity contribution in [2.24, 2.45) is 0 Å². The summed E-state index contributed by atoms with van der Waals surface area (Å²) in [6.07, 6.45) is 2.50. The predicted molar refractivity (Wildman–Crippen MR) is 30.0 cm³/mol. The third kappa shape index (κ3) is 29.2. The number of ketones is 2. The van der Waals surface area contributed by atoms with Gasteiger partial charge in [-0.1, -0.05) is 0 Å². The van der Waals surface area contributed by atoms with Crippen LogP contribution in [0.5, 0.6) is 0 Å². The minimum atomic E-state index is -0.0970. The third-order valence-corrected chi connectivity index (χ3v) is 0.553. The number of hydrogen-bond acceptors (Lipinski definition) is 2. The average Bonchev–Trinajstić information content (AvgIpc) is 1.61. The van der Waals surface area contributed by atoms with Crippen LogP contribution in [0.3, 0.4) is 0 Å². The van der Waals surface area contributed by atoms with Crippen molar-refractivity contribution in [1.29, 1.82) is 0 Å². The second kappa shape index (κ2) is 20.0. The summed E-state index contributed by atoms with van der Waals surface area (Å²) in [5.41, 5.74) is 0. The monoisotopic (exact) mass is 468 g/mol. The zero-order valence-electron chi connectivity index (χ0n) is 7.28. The first-order chi connectivity index (χ1) is 3.63. The van der Waals surface area contributed by atoms with Gasteiger partial charge in [-0.25, -0.2) is 0 Å². The van der Waals surface area contributed by atoms with Crippen LogP contribution in [0.2, 0.25) is 0 Å². The number of carbonyl (C=O) groups excluding carboxylic acids is 2. The molecular weight excluding hydrogens is 460 g/mol. The van der Waals surface area contributed by atoms with Crippen molar-refractivity contribution in [3.63, 3.8) is 0 Å². The molecule has 0 saturated carbocycles. The molecule has 0 saturated heterocycles. The van der Waals surface area contributed by atoms with Crippen molar-refractivity contribution in [2.45, 2.75) is 13.8 Å². The maximum Gasteiger partial charge on any atom is 0 e. The van der Waals surface area contributed by atoms with Crippen molar-refractivity contribution < 1.29 is 140 Å². The Hall–Kier alpha value is 3.50. The SMILES string of the molecule is CC(=O)[CH-][CH-]C(C)=O.[Y].[Y].[Y].[Y]. The largest absolute Gasteiger partial charge is 0.468 e. The summed E-state index contributed by atoms with van der Waals surface area (Å²) in [5, 5.41) is 0. The van der Waals surface area contributed by atoms with Gasteiger partial charge in [-0.2, -0.15) is 0 Å². The molecule has 0 atom stereocenters. The predicted octanol–water partition coefficient (Wildman–Crippen LogP) is 0.563. The fraction of sp³-hybridized carbons (Fsp3) is 0.333. The van der Waals surface area contributed by atoms with E-state index >= 15 is 0 Å². The van der Waals surface area contributed by atoms with E-state index in [1.165, 1.54) is 26.7 Å². The van der Waals surface area contributed by atoms with Gasteiger partial charge in [0.1, 0.15) is 0 Å². The maximum absolute atomic E-state index is 10.1. The molecule has 0 N–H and O–H groups in total. The molecule has 0 unspecified atom stereocenters. The topological polar surface area (TPSA) is 34.1 Å². The maximum atomic E-state index is 10.1. The summed E-state index contributed by atoms with van der Waals surface area (Å²) in [5.74, 6) is -0.194. The van der Waals surface area contributed by atoms with Crippen LogP contribution in [0.25, 0.3) is 0 Å². The van der Waals surface area contributed by atoms with E-state index < -0.39 is 0 Å². The Morgan fingerprint density at radius 2 is 0.917 bits per heavy atom. The number of hydrogen-bond donors (Lipinski definition) is 0. The Balaban J connectivity index is -0.0000000408. The third-order valence-electron chi connectivity index (χ3n) is 0.553. The molecule has 0 fully saturated rings. The molecule has 0 aromatic heterocycles. The molecule has 0 aromatic carbocycles. The minimum absolute atomic E-state index is 0. The fourth-order valence-corrected chi connectivity index (χ4v) is 0.235. The smallest absolute Gasteiger partial charge is 0 e. The molecular formula is C6H8O2Y4-2. The van der Waals surface area contributed by atoms with E-state index in [2.05, 4.69) is 0 Å². The number of carbonyl (C=O) groups is 2. The van der Waals surface area contributed by atoms with Gasteiger partial charge < -0.3 is 22.4 Å². The molecule has 2 nitrogen and oxygen atoms in total. The normalized spacial score (nSPS) is 5.17. The Morgan fingerprint density at radius 1 is 0.750 bits per heavy atom. The molecule has 0 aliphatic carbocycles. The Kier molecular flexibility index (Phi) is 49.2.